The molecule has 0 aliphatic heterocycles. The van der Waals surface area contributed by atoms with Crippen molar-refractivity contribution in [2.75, 3.05) is 13.1 Å². The zero-order valence-electron chi connectivity index (χ0n) is 27.9. The van der Waals surface area contributed by atoms with Gasteiger partial charge in [0, 0.05) is 25.9 Å². The first-order valence-corrected chi connectivity index (χ1v) is 17.0. The van der Waals surface area contributed by atoms with Gasteiger partial charge in [-0.3, -0.25) is 19.4 Å². The smallest absolute Gasteiger partial charge is 0.475 e. The second-order valence-corrected chi connectivity index (χ2v) is 11.6. The number of guanidine groups is 1. The molecular weight excluding hydrogens is 605 g/mol. The topological polar surface area (TPSA) is 203 Å². The van der Waals surface area contributed by atoms with Gasteiger partial charge in [0.05, 0.1) is 0 Å². The third kappa shape index (κ3) is 33.8. The fraction of sp³-hybridized carbons (Fsp3) is 0.844. The molecule has 9 N–H and O–H groups in total. The summed E-state index contributed by atoms with van der Waals surface area (Å²) in [5, 5.41) is 12.6. The van der Waals surface area contributed by atoms with Crippen LogP contribution in [-0.4, -0.2) is 60.1 Å². The molecule has 11 nitrogen and oxygen atoms in total. The molecule has 270 valence electrons. The zero-order chi connectivity index (χ0) is 35.1. The predicted octanol–water partition coefficient (Wildman–Crippen LogP) is 5.58. The largest absolute Gasteiger partial charge is 0.490 e. The van der Waals surface area contributed by atoms with Gasteiger partial charge in [-0.05, 0) is 25.7 Å². The van der Waals surface area contributed by atoms with Gasteiger partial charge in [-0.1, -0.05) is 110 Å². The third-order valence-electron chi connectivity index (χ3n) is 7.28. The number of unbranched alkanes of at least 4 members (excludes halogenated alkanes) is 16. The number of primary amides is 1. The van der Waals surface area contributed by atoms with E-state index in [4.69, 9.17) is 27.1 Å². The van der Waals surface area contributed by atoms with Crippen LogP contribution in [0.2, 0.25) is 0 Å². The van der Waals surface area contributed by atoms with Gasteiger partial charge in [-0.2, -0.15) is 13.2 Å². The van der Waals surface area contributed by atoms with E-state index in [0.717, 1.165) is 12.8 Å². The Morgan fingerprint density at radius 1 is 0.674 bits per heavy atom. The molecule has 0 aromatic rings. The molecule has 46 heavy (non-hydrogen) atoms. The molecule has 0 spiro atoms. The number of nitrogens with two attached hydrogens (primary N) is 3. The minimum atomic E-state index is -5.08. The van der Waals surface area contributed by atoms with Crippen molar-refractivity contribution in [3.63, 3.8) is 0 Å². The lowest BCUT2D eigenvalue weighted by atomic mass is 10.0. The first-order chi connectivity index (χ1) is 21.8. The Labute approximate surface area is 273 Å². The molecule has 0 radical (unpaired) electrons. The van der Waals surface area contributed by atoms with E-state index in [1.165, 1.54) is 96.3 Å². The number of carbonyl (C=O) groups is 4. The summed E-state index contributed by atoms with van der Waals surface area (Å²) in [6.07, 6.45) is 19.5. The number of amides is 3. The van der Waals surface area contributed by atoms with Crippen molar-refractivity contribution in [2.45, 2.75) is 160 Å². The monoisotopic (exact) mass is 666 g/mol. The number of carbonyl (C=O) groups excluding carboxylic acids is 3. The zero-order valence-corrected chi connectivity index (χ0v) is 27.9. The van der Waals surface area contributed by atoms with Crippen LogP contribution in [0.25, 0.3) is 0 Å². The Morgan fingerprint density at radius 3 is 1.48 bits per heavy atom. The van der Waals surface area contributed by atoms with Crippen LogP contribution in [0.1, 0.15) is 148 Å². The van der Waals surface area contributed by atoms with Crippen LogP contribution in [0.15, 0.2) is 4.99 Å². The average molecular weight is 667 g/mol. The fourth-order valence-electron chi connectivity index (χ4n) is 4.63. The quantitative estimate of drug-likeness (QED) is 0.0355. The van der Waals surface area contributed by atoms with E-state index < -0.39 is 24.1 Å². The molecule has 0 aliphatic rings. The van der Waals surface area contributed by atoms with E-state index in [1.807, 2.05) is 0 Å². The van der Waals surface area contributed by atoms with Gasteiger partial charge >= 0.3 is 12.1 Å². The van der Waals surface area contributed by atoms with Gasteiger partial charge in [0.25, 0.3) is 0 Å². The van der Waals surface area contributed by atoms with Crippen LogP contribution in [0, 0.1) is 0 Å². The van der Waals surface area contributed by atoms with E-state index in [-0.39, 0.29) is 24.2 Å². The highest BCUT2D eigenvalue weighted by atomic mass is 19.4. The number of halogens is 3. The molecule has 0 aromatic heterocycles. The normalized spacial score (nSPS) is 11.6. The lowest BCUT2D eigenvalue weighted by Crippen LogP contribution is -2.44. The van der Waals surface area contributed by atoms with Gasteiger partial charge in [0.1, 0.15) is 6.04 Å². The second kappa shape index (κ2) is 30.6. The lowest BCUT2D eigenvalue weighted by molar-refractivity contribution is -0.192. The Morgan fingerprint density at radius 2 is 1.09 bits per heavy atom. The molecule has 0 fully saturated rings. The molecule has 0 heterocycles. The summed E-state index contributed by atoms with van der Waals surface area (Å²) < 4.78 is 31.7. The number of rotatable bonds is 28. The number of alkyl halides is 3. The molecule has 0 aliphatic carbocycles. The molecule has 0 bridgehead atoms. The summed E-state index contributed by atoms with van der Waals surface area (Å²) in [5.41, 5.74) is 15.9. The Kier molecular flexibility index (Phi) is 30.0. The third-order valence-corrected chi connectivity index (χ3v) is 7.28. The van der Waals surface area contributed by atoms with Crippen LogP contribution >= 0.6 is 0 Å². The van der Waals surface area contributed by atoms with E-state index in [0.29, 0.717) is 38.8 Å². The molecule has 0 saturated heterocycles. The summed E-state index contributed by atoms with van der Waals surface area (Å²) in [6.45, 7) is 3.08. The van der Waals surface area contributed by atoms with E-state index >= 15 is 0 Å². The van der Waals surface area contributed by atoms with E-state index in [2.05, 4.69) is 22.5 Å². The molecule has 14 heteroatoms. The Balaban J connectivity index is 0. The maximum absolute atomic E-state index is 12.1. The van der Waals surface area contributed by atoms with E-state index in [9.17, 15) is 27.6 Å². The maximum Gasteiger partial charge on any atom is 0.490 e. The minimum absolute atomic E-state index is 0.0123. The van der Waals surface area contributed by atoms with Gasteiger partial charge < -0.3 is 32.9 Å². The van der Waals surface area contributed by atoms with Crippen molar-refractivity contribution >= 4 is 29.7 Å². The minimum Gasteiger partial charge on any atom is -0.475 e. The summed E-state index contributed by atoms with van der Waals surface area (Å²) in [5.74, 6) is -3.58. The highest BCUT2D eigenvalue weighted by molar-refractivity contribution is 5.86. The number of hydrogen-bond acceptors (Lipinski definition) is 5. The Bertz CT molecular complexity index is 840. The summed E-state index contributed by atoms with van der Waals surface area (Å²) in [4.78, 5) is 48.4. The van der Waals surface area contributed by atoms with Gasteiger partial charge in [-0.15, -0.1) is 0 Å². The van der Waals surface area contributed by atoms with Crippen molar-refractivity contribution < 1.29 is 37.5 Å². The van der Waals surface area contributed by atoms with Crippen LogP contribution < -0.4 is 27.8 Å². The molecule has 0 aromatic carbocycles. The van der Waals surface area contributed by atoms with Crippen molar-refractivity contribution in [1.29, 1.82) is 0 Å². The lowest BCUT2D eigenvalue weighted by Gasteiger charge is -2.15. The molecule has 0 saturated carbocycles. The van der Waals surface area contributed by atoms with Gasteiger partial charge in [-0.25, -0.2) is 4.79 Å². The standard InChI is InChI=1S/C30H60N6O3.C2HF3O2/c1-2-3-4-5-6-7-8-9-10-11-12-13-14-15-16-17-18-22-27(37)34-24-20-23-28(38)36-26(29(31)39)21-19-25-35-30(32)33;3-2(4,5)1(6)7/h26H,2-25H2,1H3,(H2,31,39)(H,34,37)(H,36,38)(H4,32,33,35);(H,6,7)/t26-;/m0./s1. The van der Waals surface area contributed by atoms with Gasteiger partial charge in [0.2, 0.25) is 17.7 Å². The highest BCUT2D eigenvalue weighted by Crippen LogP contribution is 2.15. The number of nitrogens with one attached hydrogen (secondary N) is 2. The average Bonchev–Trinajstić information content (AvgIpc) is 2.98. The first-order valence-electron chi connectivity index (χ1n) is 17.0. The van der Waals surface area contributed by atoms with E-state index in [1.54, 1.807) is 0 Å². The van der Waals surface area contributed by atoms with Gasteiger partial charge in [0.15, 0.2) is 5.96 Å². The van der Waals surface area contributed by atoms with Crippen LogP contribution in [0.3, 0.4) is 0 Å². The second-order valence-electron chi connectivity index (χ2n) is 11.6. The summed E-state index contributed by atoms with van der Waals surface area (Å²) in [7, 11) is 0. The highest BCUT2D eigenvalue weighted by Gasteiger charge is 2.38. The van der Waals surface area contributed by atoms with Crippen molar-refractivity contribution in [1.82, 2.24) is 10.6 Å². The van der Waals surface area contributed by atoms with Crippen molar-refractivity contribution in [3.05, 3.63) is 0 Å². The first kappa shape index (κ1) is 45.1. The molecule has 1 atom stereocenters. The van der Waals surface area contributed by atoms with Crippen LogP contribution in [-0.2, 0) is 19.2 Å². The fourth-order valence-corrected chi connectivity index (χ4v) is 4.63. The number of aliphatic imine (C=N–C) groups is 1. The number of carboxylic acid groups (broad SMARTS) is 1. The number of aliphatic carboxylic acids is 1. The maximum atomic E-state index is 12.1. The molecule has 0 rings (SSSR count). The SMILES string of the molecule is CCCCCCCCCCCCCCCCCCCC(=O)NCCCC(=O)N[C@@H](CCCN=C(N)N)C(N)=O.O=C(O)C(F)(F)F. The Hall–Kier alpha value is -3.06. The molecule has 0 unspecified atom stereocenters. The summed E-state index contributed by atoms with van der Waals surface area (Å²) in [6, 6.07) is -0.749. The molecule has 3 amide bonds. The van der Waals surface area contributed by atoms with Crippen molar-refractivity contribution in [2.24, 2.45) is 22.2 Å². The molecular formula is C32H61F3N6O5. The summed E-state index contributed by atoms with van der Waals surface area (Å²) >= 11 is 0. The predicted molar refractivity (Wildman–Crippen MR) is 176 cm³/mol. The van der Waals surface area contributed by atoms with Crippen LogP contribution in [0.4, 0.5) is 13.2 Å². The number of nitrogens with zero attached hydrogens (tertiary/aromatic N) is 1. The number of carboxylic acids is 1. The van der Waals surface area contributed by atoms with Crippen LogP contribution in [0.5, 0.6) is 0 Å². The van der Waals surface area contributed by atoms with Crippen molar-refractivity contribution in [3.8, 4) is 0 Å². The number of hydrogen-bond donors (Lipinski definition) is 6.